The van der Waals surface area contributed by atoms with Crippen molar-refractivity contribution in [3.8, 4) is 0 Å². The largest absolute Gasteiger partial charge is 0.392 e. The number of hydrogen-bond acceptors (Lipinski definition) is 2. The lowest BCUT2D eigenvalue weighted by atomic mass is 9.78. The molecule has 1 heterocycles. The molecule has 98 valence electrons. The van der Waals surface area contributed by atoms with Crippen LogP contribution in [0, 0.1) is 5.92 Å². The number of anilines is 1. The van der Waals surface area contributed by atoms with Gasteiger partial charge in [-0.05, 0) is 37.7 Å². The van der Waals surface area contributed by atoms with Gasteiger partial charge in [-0.3, -0.25) is 0 Å². The molecule has 0 aromatic heterocycles. The Hall–Kier alpha value is -1.02. The van der Waals surface area contributed by atoms with Gasteiger partial charge >= 0.3 is 0 Å². The van der Waals surface area contributed by atoms with Crippen LogP contribution in [-0.4, -0.2) is 17.7 Å². The van der Waals surface area contributed by atoms with Gasteiger partial charge in [0.05, 0.1) is 6.61 Å². The van der Waals surface area contributed by atoms with Crippen molar-refractivity contribution in [1.82, 2.24) is 0 Å². The maximum atomic E-state index is 9.52. The molecule has 1 saturated heterocycles. The van der Waals surface area contributed by atoms with E-state index in [1.165, 1.54) is 44.2 Å². The average molecular weight is 245 g/mol. The Kier molecular flexibility index (Phi) is 3.55. The molecule has 2 heteroatoms. The SMILES string of the molecule is OCc1ccccc1N1CCC[C@H]2CCCC[C@H]21. The third-order valence-electron chi connectivity index (χ3n) is 4.71. The second-order valence-electron chi connectivity index (χ2n) is 5.73. The predicted molar refractivity (Wildman–Crippen MR) is 74.7 cm³/mol. The number of aliphatic hydroxyl groups excluding tert-OH is 1. The molecular weight excluding hydrogens is 222 g/mol. The molecule has 0 spiro atoms. The van der Waals surface area contributed by atoms with Crippen molar-refractivity contribution in [3.63, 3.8) is 0 Å². The number of para-hydroxylation sites is 1. The molecule has 2 fully saturated rings. The summed E-state index contributed by atoms with van der Waals surface area (Å²) in [6, 6.07) is 9.09. The minimum atomic E-state index is 0.157. The summed E-state index contributed by atoms with van der Waals surface area (Å²) in [7, 11) is 0. The first-order valence-corrected chi connectivity index (χ1v) is 7.35. The van der Waals surface area contributed by atoms with E-state index in [1.54, 1.807) is 0 Å². The molecule has 1 aromatic carbocycles. The quantitative estimate of drug-likeness (QED) is 0.864. The fraction of sp³-hybridized carbons (Fsp3) is 0.625. The standard InChI is InChI=1S/C16H23NO/c18-12-14-7-2-4-10-16(14)17-11-5-8-13-6-1-3-9-15(13)17/h2,4,7,10,13,15,18H,1,3,5-6,8-9,11-12H2/t13-,15-/m1/s1. The zero-order chi connectivity index (χ0) is 12.4. The first kappa shape index (κ1) is 12.0. The van der Waals surface area contributed by atoms with Crippen molar-refractivity contribution in [3.05, 3.63) is 29.8 Å². The number of aliphatic hydroxyl groups is 1. The van der Waals surface area contributed by atoms with Gasteiger partial charge in [0, 0.05) is 23.8 Å². The van der Waals surface area contributed by atoms with E-state index in [0.717, 1.165) is 24.1 Å². The number of piperidine rings is 1. The van der Waals surface area contributed by atoms with E-state index < -0.39 is 0 Å². The van der Waals surface area contributed by atoms with Gasteiger partial charge in [-0.1, -0.05) is 31.0 Å². The molecular formula is C16H23NO. The van der Waals surface area contributed by atoms with Crippen molar-refractivity contribution >= 4 is 5.69 Å². The van der Waals surface area contributed by atoms with Crippen molar-refractivity contribution < 1.29 is 5.11 Å². The van der Waals surface area contributed by atoms with Crippen molar-refractivity contribution in [2.75, 3.05) is 11.4 Å². The van der Waals surface area contributed by atoms with E-state index >= 15 is 0 Å². The molecule has 2 nitrogen and oxygen atoms in total. The van der Waals surface area contributed by atoms with Gasteiger partial charge in [0.1, 0.15) is 0 Å². The first-order valence-electron chi connectivity index (χ1n) is 7.35. The summed E-state index contributed by atoms with van der Waals surface area (Å²) < 4.78 is 0. The van der Waals surface area contributed by atoms with Gasteiger partial charge in [-0.15, -0.1) is 0 Å². The molecule has 2 atom stereocenters. The average Bonchev–Trinajstić information content (AvgIpc) is 2.46. The number of rotatable bonds is 2. The number of fused-ring (bicyclic) bond motifs is 1. The van der Waals surface area contributed by atoms with Crippen molar-refractivity contribution in [2.24, 2.45) is 5.92 Å². The van der Waals surface area contributed by atoms with Crippen LogP contribution < -0.4 is 4.90 Å². The van der Waals surface area contributed by atoms with Crippen molar-refractivity contribution in [2.45, 2.75) is 51.2 Å². The lowest BCUT2D eigenvalue weighted by Gasteiger charge is -2.46. The van der Waals surface area contributed by atoms with Crippen LogP contribution in [0.2, 0.25) is 0 Å². The van der Waals surface area contributed by atoms with Gasteiger partial charge in [0.15, 0.2) is 0 Å². The van der Waals surface area contributed by atoms with E-state index in [9.17, 15) is 5.11 Å². The zero-order valence-corrected chi connectivity index (χ0v) is 11.0. The highest BCUT2D eigenvalue weighted by Crippen LogP contribution is 2.38. The van der Waals surface area contributed by atoms with E-state index in [1.807, 2.05) is 6.07 Å². The molecule has 18 heavy (non-hydrogen) atoms. The van der Waals surface area contributed by atoms with Gasteiger partial charge in [-0.2, -0.15) is 0 Å². The van der Waals surface area contributed by atoms with Crippen LogP contribution >= 0.6 is 0 Å². The maximum Gasteiger partial charge on any atom is 0.0702 e. The molecule has 1 aliphatic carbocycles. The van der Waals surface area contributed by atoms with Gasteiger partial charge in [0.25, 0.3) is 0 Å². The van der Waals surface area contributed by atoms with Crippen LogP contribution in [0.25, 0.3) is 0 Å². The third kappa shape index (κ3) is 2.14. The lowest BCUT2D eigenvalue weighted by molar-refractivity contribution is 0.241. The molecule has 3 rings (SSSR count). The van der Waals surface area contributed by atoms with Crippen LogP contribution in [0.4, 0.5) is 5.69 Å². The van der Waals surface area contributed by atoms with Crippen LogP contribution in [0.3, 0.4) is 0 Å². The summed E-state index contributed by atoms with van der Waals surface area (Å²) in [5, 5.41) is 9.52. The van der Waals surface area contributed by atoms with E-state index in [4.69, 9.17) is 0 Å². The number of benzene rings is 1. The van der Waals surface area contributed by atoms with Gasteiger partial charge in [0.2, 0.25) is 0 Å². The second-order valence-corrected chi connectivity index (χ2v) is 5.73. The fourth-order valence-corrected chi connectivity index (χ4v) is 3.85. The molecule has 0 unspecified atom stereocenters. The Morgan fingerprint density at radius 3 is 2.72 bits per heavy atom. The molecule has 2 aliphatic rings. The minimum Gasteiger partial charge on any atom is -0.392 e. The Morgan fingerprint density at radius 2 is 1.83 bits per heavy atom. The van der Waals surface area contributed by atoms with E-state index in [0.29, 0.717) is 0 Å². The van der Waals surface area contributed by atoms with Gasteiger partial charge < -0.3 is 10.0 Å². The Morgan fingerprint density at radius 1 is 1.06 bits per heavy atom. The van der Waals surface area contributed by atoms with Crippen molar-refractivity contribution in [1.29, 1.82) is 0 Å². The summed E-state index contributed by atoms with van der Waals surface area (Å²) in [4.78, 5) is 2.58. The zero-order valence-electron chi connectivity index (χ0n) is 11.0. The molecule has 1 aliphatic heterocycles. The Labute approximate surface area is 110 Å². The van der Waals surface area contributed by atoms with Crippen LogP contribution in [0.5, 0.6) is 0 Å². The van der Waals surface area contributed by atoms with Gasteiger partial charge in [-0.25, -0.2) is 0 Å². The summed E-state index contributed by atoms with van der Waals surface area (Å²) >= 11 is 0. The highest BCUT2D eigenvalue weighted by Gasteiger charge is 2.33. The highest BCUT2D eigenvalue weighted by molar-refractivity contribution is 5.54. The van der Waals surface area contributed by atoms with Crippen LogP contribution in [0.15, 0.2) is 24.3 Å². The van der Waals surface area contributed by atoms with E-state index in [-0.39, 0.29) is 6.61 Å². The molecule has 0 bridgehead atoms. The maximum absolute atomic E-state index is 9.52. The number of nitrogens with zero attached hydrogens (tertiary/aromatic N) is 1. The topological polar surface area (TPSA) is 23.5 Å². The first-order chi connectivity index (χ1) is 8.90. The monoisotopic (exact) mass is 245 g/mol. The van der Waals surface area contributed by atoms with Crippen LogP contribution in [0.1, 0.15) is 44.1 Å². The smallest absolute Gasteiger partial charge is 0.0702 e. The molecule has 1 saturated carbocycles. The molecule has 1 aromatic rings. The summed E-state index contributed by atoms with van der Waals surface area (Å²) in [5.74, 6) is 0.888. The summed E-state index contributed by atoms with van der Waals surface area (Å²) in [6.45, 7) is 1.32. The lowest BCUT2D eigenvalue weighted by Crippen LogP contribution is -2.47. The molecule has 0 radical (unpaired) electrons. The minimum absolute atomic E-state index is 0.157. The highest BCUT2D eigenvalue weighted by atomic mass is 16.3. The Balaban J connectivity index is 1.89. The van der Waals surface area contributed by atoms with Crippen LogP contribution in [-0.2, 0) is 6.61 Å². The summed E-state index contributed by atoms with van der Waals surface area (Å²) in [6.07, 6.45) is 8.24. The molecule has 0 amide bonds. The Bertz CT molecular complexity index is 402. The predicted octanol–water partition coefficient (Wildman–Crippen LogP) is 3.34. The normalized spacial score (nSPS) is 27.9. The second kappa shape index (κ2) is 5.31. The summed E-state index contributed by atoms with van der Waals surface area (Å²) in [5.41, 5.74) is 2.36. The third-order valence-corrected chi connectivity index (χ3v) is 4.71. The number of hydrogen-bond donors (Lipinski definition) is 1. The van der Waals surface area contributed by atoms with E-state index in [2.05, 4.69) is 23.1 Å². The molecule has 1 N–H and O–H groups in total. The fourth-order valence-electron chi connectivity index (χ4n) is 3.85.